The Bertz CT molecular complexity index is 446. The summed E-state index contributed by atoms with van der Waals surface area (Å²) in [6.45, 7) is 7.63. The predicted molar refractivity (Wildman–Crippen MR) is 71.2 cm³/mol. The van der Waals surface area contributed by atoms with E-state index in [0.29, 0.717) is 12.0 Å². The van der Waals surface area contributed by atoms with Gasteiger partial charge in [-0.2, -0.15) is 10.1 Å². The van der Waals surface area contributed by atoms with E-state index in [1.165, 1.54) is 25.0 Å². The molecule has 0 bridgehead atoms. The smallest absolute Gasteiger partial charge is 0.247 e. The van der Waals surface area contributed by atoms with Gasteiger partial charge in [-0.05, 0) is 25.9 Å². The lowest BCUT2D eigenvalue weighted by molar-refractivity contribution is 0.227. The largest absolute Gasteiger partial charge is 0.296 e. The van der Waals surface area contributed by atoms with Crippen molar-refractivity contribution in [2.75, 3.05) is 13.1 Å². The number of aromatic nitrogens is 3. The van der Waals surface area contributed by atoms with E-state index < -0.39 is 0 Å². The highest BCUT2D eigenvalue weighted by molar-refractivity contribution is 5.94. The zero-order valence-corrected chi connectivity index (χ0v) is 11.2. The molecular formula is C13H21N5. The second-order valence-electron chi connectivity index (χ2n) is 5.14. The monoisotopic (exact) mass is 247 g/mol. The number of hydrogen-bond acceptors (Lipinski definition) is 4. The van der Waals surface area contributed by atoms with Gasteiger partial charge in [0, 0.05) is 17.7 Å². The molecule has 1 aromatic rings. The van der Waals surface area contributed by atoms with Crippen molar-refractivity contribution in [3.05, 3.63) is 6.33 Å². The molecule has 5 heteroatoms. The Labute approximate surface area is 108 Å². The first-order valence-corrected chi connectivity index (χ1v) is 7.03. The van der Waals surface area contributed by atoms with Crippen LogP contribution in [0.5, 0.6) is 0 Å². The molecule has 0 amide bonds. The van der Waals surface area contributed by atoms with E-state index >= 15 is 0 Å². The third-order valence-electron chi connectivity index (χ3n) is 4.26. The molecule has 0 aromatic carbocycles. The first-order chi connectivity index (χ1) is 8.83. The molecule has 1 fully saturated rings. The lowest BCUT2D eigenvalue weighted by Gasteiger charge is -2.39. The zero-order chi connectivity index (χ0) is 12.5. The number of nitrogens with zero attached hydrogens (tertiary/aromatic N) is 5. The fourth-order valence-electron chi connectivity index (χ4n) is 3.31. The Morgan fingerprint density at radius 1 is 1.33 bits per heavy atom. The van der Waals surface area contributed by atoms with Crippen molar-refractivity contribution in [1.82, 2.24) is 19.7 Å². The van der Waals surface area contributed by atoms with E-state index in [9.17, 15) is 0 Å². The molecule has 2 aliphatic rings. The molecule has 1 aromatic heterocycles. The summed E-state index contributed by atoms with van der Waals surface area (Å²) in [5.74, 6) is 1.36. The minimum Gasteiger partial charge on any atom is -0.296 e. The number of aliphatic imine (C=N–C) groups is 1. The molecule has 2 atom stereocenters. The van der Waals surface area contributed by atoms with Gasteiger partial charge in [0.25, 0.3) is 0 Å². The van der Waals surface area contributed by atoms with Crippen LogP contribution < -0.4 is 0 Å². The molecule has 2 heterocycles. The Hall–Kier alpha value is -1.23. The fraction of sp³-hybridized carbons (Fsp3) is 0.769. The Morgan fingerprint density at radius 2 is 2.17 bits per heavy atom. The highest BCUT2D eigenvalue weighted by Gasteiger charge is 2.35. The topological polar surface area (TPSA) is 46.3 Å². The second kappa shape index (κ2) is 4.80. The maximum atomic E-state index is 4.79. The predicted octanol–water partition coefficient (Wildman–Crippen LogP) is 1.87. The summed E-state index contributed by atoms with van der Waals surface area (Å²) in [5.41, 5.74) is 1.35. The van der Waals surface area contributed by atoms with E-state index in [-0.39, 0.29) is 0 Å². The van der Waals surface area contributed by atoms with Crippen molar-refractivity contribution >= 4 is 11.7 Å². The number of fused-ring (bicyclic) bond motifs is 2. The third kappa shape index (κ3) is 1.86. The summed E-state index contributed by atoms with van der Waals surface area (Å²) in [4.78, 5) is 11.6. The van der Waals surface area contributed by atoms with Crippen molar-refractivity contribution in [3.8, 4) is 0 Å². The number of rotatable bonds is 3. The minimum atomic E-state index is 0.518. The van der Waals surface area contributed by atoms with Crippen molar-refractivity contribution < 1.29 is 0 Å². The van der Waals surface area contributed by atoms with Crippen LogP contribution in [-0.2, 0) is 6.54 Å². The average molecular weight is 247 g/mol. The molecule has 0 radical (unpaired) electrons. The molecule has 3 rings (SSSR count). The van der Waals surface area contributed by atoms with E-state index in [1.807, 2.05) is 4.68 Å². The molecule has 1 aliphatic heterocycles. The first kappa shape index (κ1) is 11.8. The second-order valence-corrected chi connectivity index (χ2v) is 5.14. The maximum absolute atomic E-state index is 4.79. The molecule has 98 valence electrons. The molecule has 2 unspecified atom stereocenters. The summed E-state index contributed by atoms with van der Waals surface area (Å²) in [6.07, 6.45) is 5.40. The SMILES string of the molecule is CCN(CC)C1CCCC2Cn3ncnc3N=C21. The summed E-state index contributed by atoms with van der Waals surface area (Å²) in [5, 5.41) is 4.24. The first-order valence-electron chi connectivity index (χ1n) is 7.03. The van der Waals surface area contributed by atoms with Gasteiger partial charge in [0.2, 0.25) is 5.95 Å². The van der Waals surface area contributed by atoms with E-state index in [2.05, 4.69) is 28.8 Å². The molecule has 0 N–H and O–H groups in total. The highest BCUT2D eigenvalue weighted by Crippen LogP contribution is 2.32. The van der Waals surface area contributed by atoms with Crippen LogP contribution in [-0.4, -0.2) is 44.5 Å². The van der Waals surface area contributed by atoms with Crippen LogP contribution in [0.25, 0.3) is 0 Å². The van der Waals surface area contributed by atoms with Crippen LogP contribution in [0, 0.1) is 5.92 Å². The van der Waals surface area contributed by atoms with Gasteiger partial charge in [-0.3, -0.25) is 4.90 Å². The van der Waals surface area contributed by atoms with Crippen LogP contribution in [0.3, 0.4) is 0 Å². The highest BCUT2D eigenvalue weighted by atomic mass is 15.4. The van der Waals surface area contributed by atoms with Crippen molar-refractivity contribution in [1.29, 1.82) is 0 Å². The normalized spacial score (nSPS) is 26.7. The van der Waals surface area contributed by atoms with Crippen molar-refractivity contribution in [2.45, 2.75) is 45.7 Å². The van der Waals surface area contributed by atoms with E-state index in [4.69, 9.17) is 4.99 Å². The van der Waals surface area contributed by atoms with E-state index in [0.717, 1.165) is 25.6 Å². The van der Waals surface area contributed by atoms with Crippen LogP contribution in [0.1, 0.15) is 33.1 Å². The zero-order valence-electron chi connectivity index (χ0n) is 11.2. The van der Waals surface area contributed by atoms with Crippen LogP contribution >= 0.6 is 0 Å². The van der Waals surface area contributed by atoms with Gasteiger partial charge in [-0.1, -0.05) is 20.3 Å². The molecule has 5 nitrogen and oxygen atoms in total. The third-order valence-corrected chi connectivity index (χ3v) is 4.26. The van der Waals surface area contributed by atoms with Crippen LogP contribution in [0.2, 0.25) is 0 Å². The molecule has 0 spiro atoms. The van der Waals surface area contributed by atoms with Gasteiger partial charge in [-0.25, -0.2) is 9.67 Å². The molecule has 0 saturated heterocycles. The molecule has 1 aliphatic carbocycles. The van der Waals surface area contributed by atoms with Gasteiger partial charge >= 0.3 is 0 Å². The van der Waals surface area contributed by atoms with E-state index in [1.54, 1.807) is 6.33 Å². The van der Waals surface area contributed by atoms with Crippen molar-refractivity contribution in [3.63, 3.8) is 0 Å². The Kier molecular flexibility index (Phi) is 3.16. The maximum Gasteiger partial charge on any atom is 0.247 e. The van der Waals surface area contributed by atoms with Crippen LogP contribution in [0.15, 0.2) is 11.3 Å². The van der Waals surface area contributed by atoms with Gasteiger partial charge in [-0.15, -0.1) is 0 Å². The van der Waals surface area contributed by atoms with Crippen LogP contribution in [0.4, 0.5) is 5.95 Å². The lowest BCUT2D eigenvalue weighted by atomic mass is 9.82. The van der Waals surface area contributed by atoms with Gasteiger partial charge in [0.1, 0.15) is 6.33 Å². The Balaban J connectivity index is 1.93. The molecule has 18 heavy (non-hydrogen) atoms. The Morgan fingerprint density at radius 3 is 2.94 bits per heavy atom. The summed E-state index contributed by atoms with van der Waals surface area (Å²) >= 11 is 0. The molecule has 1 saturated carbocycles. The van der Waals surface area contributed by atoms with Gasteiger partial charge < -0.3 is 0 Å². The average Bonchev–Trinajstić information content (AvgIpc) is 2.85. The standard InChI is InChI=1S/C13H21N5/c1-3-17(4-2)11-7-5-6-10-8-18-13(14-9-15-18)16-12(10)11/h9-11H,3-8H2,1-2H3. The van der Waals surface area contributed by atoms with Crippen molar-refractivity contribution in [2.24, 2.45) is 10.9 Å². The summed E-state index contributed by atoms with van der Waals surface area (Å²) in [7, 11) is 0. The lowest BCUT2D eigenvalue weighted by Crippen LogP contribution is -2.48. The number of hydrogen-bond donors (Lipinski definition) is 0. The summed E-state index contributed by atoms with van der Waals surface area (Å²) < 4.78 is 1.94. The fourth-order valence-corrected chi connectivity index (χ4v) is 3.31. The van der Waals surface area contributed by atoms with Gasteiger partial charge in [0.15, 0.2) is 0 Å². The quantitative estimate of drug-likeness (QED) is 0.819. The summed E-state index contributed by atoms with van der Waals surface area (Å²) in [6, 6.07) is 0.518. The minimum absolute atomic E-state index is 0.518. The molecular weight excluding hydrogens is 226 g/mol. The van der Waals surface area contributed by atoms with Gasteiger partial charge in [0.05, 0.1) is 6.54 Å².